The molecule has 6 nitrogen and oxygen atoms in total. The second kappa shape index (κ2) is 9.26. The standard InChI is InChI=1S/C27H23F3N2O4S/c1-27(11-12-37(34,35)16-27)31-25(33)18-5-10-22-23(17-3-2-4-21(13-17)36-26(29)30)15-32(24(22)14-18)20-8-6-19(28)7-9-20/h2-10,13-15,26H,11-12,16H2,1H3,(H,31,33). The number of aromatic nitrogens is 1. The highest BCUT2D eigenvalue weighted by Crippen LogP contribution is 2.35. The van der Waals surface area contributed by atoms with Crippen LogP contribution in [0.1, 0.15) is 23.7 Å². The van der Waals surface area contributed by atoms with Crippen LogP contribution < -0.4 is 10.1 Å². The van der Waals surface area contributed by atoms with Gasteiger partial charge in [0.15, 0.2) is 9.84 Å². The highest BCUT2D eigenvalue weighted by molar-refractivity contribution is 7.91. The summed E-state index contributed by atoms with van der Waals surface area (Å²) in [6.07, 6.45) is 2.11. The predicted octanol–water partition coefficient (Wildman–Crippen LogP) is 5.35. The van der Waals surface area contributed by atoms with Gasteiger partial charge in [-0.25, -0.2) is 12.8 Å². The lowest BCUT2D eigenvalue weighted by Crippen LogP contribution is -2.46. The van der Waals surface area contributed by atoms with Crippen LogP contribution in [-0.2, 0) is 9.84 Å². The van der Waals surface area contributed by atoms with Crippen molar-refractivity contribution < 1.29 is 31.1 Å². The van der Waals surface area contributed by atoms with E-state index in [0.29, 0.717) is 34.3 Å². The quantitative estimate of drug-likeness (QED) is 0.366. The van der Waals surface area contributed by atoms with Crippen LogP contribution >= 0.6 is 0 Å². The molecule has 10 heteroatoms. The van der Waals surface area contributed by atoms with Crippen molar-refractivity contribution >= 4 is 26.6 Å². The molecule has 1 N–H and O–H groups in total. The van der Waals surface area contributed by atoms with E-state index in [9.17, 15) is 26.4 Å². The first-order valence-corrected chi connectivity index (χ1v) is 13.3. The second-order valence-electron chi connectivity index (χ2n) is 9.38. The number of amides is 1. The topological polar surface area (TPSA) is 77.4 Å². The van der Waals surface area contributed by atoms with Crippen molar-refractivity contribution in [1.29, 1.82) is 0 Å². The summed E-state index contributed by atoms with van der Waals surface area (Å²) < 4.78 is 69.4. The zero-order chi connectivity index (χ0) is 26.4. The van der Waals surface area contributed by atoms with E-state index in [1.165, 1.54) is 24.3 Å². The Hall–Kier alpha value is -3.79. The maximum atomic E-state index is 13.6. The van der Waals surface area contributed by atoms with Gasteiger partial charge < -0.3 is 14.6 Å². The number of halogens is 3. The van der Waals surface area contributed by atoms with Gasteiger partial charge in [0.2, 0.25) is 0 Å². The Morgan fingerprint density at radius 1 is 1.08 bits per heavy atom. The average Bonchev–Trinajstić information content (AvgIpc) is 3.35. The summed E-state index contributed by atoms with van der Waals surface area (Å²) in [5, 5.41) is 3.58. The summed E-state index contributed by atoms with van der Waals surface area (Å²) in [6, 6.07) is 17.1. The molecule has 0 bridgehead atoms. The Bertz CT molecular complexity index is 1600. The van der Waals surface area contributed by atoms with E-state index < -0.39 is 33.7 Å². The van der Waals surface area contributed by atoms with Gasteiger partial charge in [0.25, 0.3) is 5.91 Å². The number of sulfone groups is 1. The van der Waals surface area contributed by atoms with Gasteiger partial charge >= 0.3 is 6.61 Å². The van der Waals surface area contributed by atoms with E-state index in [2.05, 4.69) is 10.1 Å². The summed E-state index contributed by atoms with van der Waals surface area (Å²) in [4.78, 5) is 13.1. The minimum atomic E-state index is -3.21. The average molecular weight is 529 g/mol. The lowest BCUT2D eigenvalue weighted by atomic mass is 10.0. The number of hydrogen-bond acceptors (Lipinski definition) is 4. The van der Waals surface area contributed by atoms with Crippen molar-refractivity contribution in [1.82, 2.24) is 9.88 Å². The number of nitrogens with one attached hydrogen (secondary N) is 1. The largest absolute Gasteiger partial charge is 0.435 e. The van der Waals surface area contributed by atoms with Crippen molar-refractivity contribution in [3.05, 3.63) is 84.3 Å². The van der Waals surface area contributed by atoms with Crippen molar-refractivity contribution in [2.24, 2.45) is 0 Å². The van der Waals surface area contributed by atoms with Gasteiger partial charge in [0.1, 0.15) is 11.6 Å². The zero-order valence-electron chi connectivity index (χ0n) is 19.7. The van der Waals surface area contributed by atoms with Crippen LogP contribution in [0.25, 0.3) is 27.7 Å². The van der Waals surface area contributed by atoms with E-state index in [0.717, 1.165) is 5.39 Å². The fourth-order valence-electron chi connectivity index (χ4n) is 4.71. The first kappa shape index (κ1) is 24.9. The highest BCUT2D eigenvalue weighted by atomic mass is 32.2. The van der Waals surface area contributed by atoms with E-state index in [-0.39, 0.29) is 17.3 Å². The van der Waals surface area contributed by atoms with Crippen LogP contribution in [0, 0.1) is 5.82 Å². The summed E-state index contributed by atoms with van der Waals surface area (Å²) in [5.41, 5.74) is 2.02. The maximum Gasteiger partial charge on any atom is 0.387 e. The summed E-state index contributed by atoms with van der Waals surface area (Å²) in [5.74, 6) is -0.917. The molecule has 4 aromatic rings. The minimum absolute atomic E-state index is 0.00550. The number of benzene rings is 3. The van der Waals surface area contributed by atoms with Gasteiger partial charge in [-0.2, -0.15) is 8.78 Å². The molecule has 0 radical (unpaired) electrons. The SMILES string of the molecule is CC1(NC(=O)c2ccc3c(-c4cccc(OC(F)F)c4)cn(-c4ccc(F)cc4)c3c2)CCS(=O)(=O)C1. The molecule has 5 rings (SSSR count). The van der Waals surface area contributed by atoms with Crippen LogP contribution in [-0.4, -0.2) is 42.5 Å². The van der Waals surface area contributed by atoms with E-state index >= 15 is 0 Å². The van der Waals surface area contributed by atoms with Gasteiger partial charge in [-0.15, -0.1) is 0 Å². The molecule has 1 saturated heterocycles. The van der Waals surface area contributed by atoms with Crippen LogP contribution in [0.3, 0.4) is 0 Å². The molecular formula is C27H23F3N2O4S. The van der Waals surface area contributed by atoms with Crippen LogP contribution in [0.4, 0.5) is 13.2 Å². The summed E-state index contributed by atoms with van der Waals surface area (Å²) >= 11 is 0. The first-order chi connectivity index (χ1) is 17.5. The molecule has 2 heterocycles. The van der Waals surface area contributed by atoms with Gasteiger partial charge in [0.05, 0.1) is 22.6 Å². The Morgan fingerprint density at radius 2 is 1.84 bits per heavy atom. The normalized spacial score (nSPS) is 18.8. The highest BCUT2D eigenvalue weighted by Gasteiger charge is 2.39. The third kappa shape index (κ3) is 5.20. The molecule has 0 saturated carbocycles. The number of fused-ring (bicyclic) bond motifs is 1. The van der Waals surface area contributed by atoms with Crippen LogP contribution in [0.2, 0.25) is 0 Å². The Kier molecular flexibility index (Phi) is 6.23. The number of ether oxygens (including phenoxy) is 1. The predicted molar refractivity (Wildman–Crippen MR) is 134 cm³/mol. The number of rotatable bonds is 6. The fourth-order valence-corrected chi connectivity index (χ4v) is 6.80. The molecular weight excluding hydrogens is 505 g/mol. The van der Waals surface area contributed by atoms with Crippen LogP contribution in [0.15, 0.2) is 72.9 Å². The minimum Gasteiger partial charge on any atom is -0.435 e. The molecule has 1 aliphatic rings. The molecule has 3 aromatic carbocycles. The Morgan fingerprint density at radius 3 is 2.51 bits per heavy atom. The molecule has 1 unspecified atom stereocenters. The third-order valence-electron chi connectivity index (χ3n) is 6.46. The molecule has 37 heavy (non-hydrogen) atoms. The molecule has 0 spiro atoms. The number of hydrogen-bond donors (Lipinski definition) is 1. The fraction of sp³-hybridized carbons (Fsp3) is 0.222. The summed E-state index contributed by atoms with van der Waals surface area (Å²) in [7, 11) is -3.21. The number of nitrogens with zero attached hydrogens (tertiary/aromatic N) is 1. The van der Waals surface area contributed by atoms with Gasteiger partial charge in [-0.05, 0) is 67.4 Å². The van der Waals surface area contributed by atoms with Gasteiger partial charge in [0, 0.05) is 28.4 Å². The Labute approximate surface area is 211 Å². The smallest absolute Gasteiger partial charge is 0.387 e. The lowest BCUT2D eigenvalue weighted by molar-refractivity contribution is -0.0498. The summed E-state index contributed by atoms with van der Waals surface area (Å²) in [6.45, 7) is -1.25. The lowest BCUT2D eigenvalue weighted by Gasteiger charge is -2.24. The number of carbonyl (C=O) groups is 1. The number of carbonyl (C=O) groups excluding carboxylic acids is 1. The number of alkyl halides is 2. The first-order valence-electron chi connectivity index (χ1n) is 11.5. The molecule has 1 aliphatic heterocycles. The molecule has 1 aromatic heterocycles. The second-order valence-corrected chi connectivity index (χ2v) is 11.6. The third-order valence-corrected chi connectivity index (χ3v) is 8.36. The maximum absolute atomic E-state index is 13.6. The van der Waals surface area contributed by atoms with E-state index in [4.69, 9.17) is 0 Å². The van der Waals surface area contributed by atoms with Crippen molar-refractivity contribution in [2.75, 3.05) is 11.5 Å². The van der Waals surface area contributed by atoms with E-state index in [1.54, 1.807) is 60.2 Å². The molecule has 0 aliphatic carbocycles. The van der Waals surface area contributed by atoms with Gasteiger partial charge in [-0.1, -0.05) is 18.2 Å². The molecule has 1 amide bonds. The van der Waals surface area contributed by atoms with E-state index in [1.807, 2.05) is 0 Å². The van der Waals surface area contributed by atoms with Crippen molar-refractivity contribution in [3.8, 4) is 22.6 Å². The molecule has 192 valence electrons. The molecule has 1 atom stereocenters. The van der Waals surface area contributed by atoms with Crippen molar-refractivity contribution in [3.63, 3.8) is 0 Å². The Balaban J connectivity index is 1.59. The van der Waals surface area contributed by atoms with Gasteiger partial charge in [-0.3, -0.25) is 4.79 Å². The van der Waals surface area contributed by atoms with Crippen molar-refractivity contribution in [2.45, 2.75) is 25.5 Å². The van der Waals surface area contributed by atoms with Crippen LogP contribution in [0.5, 0.6) is 5.75 Å². The monoisotopic (exact) mass is 528 g/mol. The zero-order valence-corrected chi connectivity index (χ0v) is 20.6. The molecule has 1 fully saturated rings.